The highest BCUT2D eigenvalue weighted by Gasteiger charge is 2.29. The topological polar surface area (TPSA) is 119 Å². The number of aliphatic hydroxyl groups is 1. The Balaban J connectivity index is 1.35. The van der Waals surface area contributed by atoms with Crippen LogP contribution in [0.5, 0.6) is 0 Å². The Labute approximate surface area is 225 Å². The molecular formula is C29H31N7O3. The minimum Gasteiger partial charge on any atom is -0.392 e. The molecule has 0 spiro atoms. The Morgan fingerprint density at radius 1 is 1.13 bits per heavy atom. The molecule has 1 aliphatic heterocycles. The lowest BCUT2D eigenvalue weighted by atomic mass is 9.95. The first-order valence-electron chi connectivity index (χ1n) is 13.1. The highest BCUT2D eigenvalue weighted by molar-refractivity contribution is 6.09. The van der Waals surface area contributed by atoms with E-state index in [4.69, 9.17) is 0 Å². The molecule has 0 atom stereocenters. The van der Waals surface area contributed by atoms with Crippen molar-refractivity contribution in [2.75, 3.05) is 35.8 Å². The van der Waals surface area contributed by atoms with Crippen LogP contribution >= 0.6 is 0 Å². The van der Waals surface area contributed by atoms with Crippen LogP contribution < -0.4 is 20.7 Å². The van der Waals surface area contributed by atoms with E-state index in [-0.39, 0.29) is 23.9 Å². The maximum atomic E-state index is 13.6. The van der Waals surface area contributed by atoms with E-state index in [0.717, 1.165) is 29.8 Å². The van der Waals surface area contributed by atoms with E-state index < -0.39 is 0 Å². The van der Waals surface area contributed by atoms with Crippen LogP contribution in [0.2, 0.25) is 0 Å². The van der Waals surface area contributed by atoms with Crippen molar-refractivity contribution in [3.63, 3.8) is 0 Å². The van der Waals surface area contributed by atoms with Crippen molar-refractivity contribution in [1.82, 2.24) is 19.7 Å². The Kier molecular flexibility index (Phi) is 6.19. The van der Waals surface area contributed by atoms with Crippen molar-refractivity contribution in [1.29, 1.82) is 0 Å². The van der Waals surface area contributed by atoms with Crippen molar-refractivity contribution in [3.05, 3.63) is 81.4 Å². The quantitative estimate of drug-likeness (QED) is 0.338. The molecule has 200 valence electrons. The fourth-order valence-corrected chi connectivity index (χ4v) is 5.16. The number of hydrogen-bond donors (Lipinski definition) is 3. The van der Waals surface area contributed by atoms with Gasteiger partial charge in [0.2, 0.25) is 0 Å². The smallest absolute Gasteiger partial charge is 0.293 e. The number of aryl methyl sites for hydroxylation is 1. The van der Waals surface area contributed by atoms with Crippen molar-refractivity contribution < 1.29 is 9.90 Å². The second-order valence-corrected chi connectivity index (χ2v) is 10.4. The second kappa shape index (κ2) is 9.70. The number of fused-ring (bicyclic) bond motifs is 1. The molecule has 0 saturated heterocycles. The van der Waals surface area contributed by atoms with Crippen LogP contribution in [0, 0.1) is 0 Å². The summed E-state index contributed by atoms with van der Waals surface area (Å²) in [6.07, 6.45) is 4.62. The number of benzene rings is 2. The van der Waals surface area contributed by atoms with E-state index >= 15 is 0 Å². The number of H-pyrrole nitrogens is 1. The monoisotopic (exact) mass is 525 g/mol. The van der Waals surface area contributed by atoms with E-state index in [9.17, 15) is 14.7 Å². The van der Waals surface area contributed by atoms with Gasteiger partial charge in [-0.2, -0.15) is 5.10 Å². The predicted octanol–water partition coefficient (Wildman–Crippen LogP) is 3.55. The van der Waals surface area contributed by atoms with Gasteiger partial charge in [-0.15, -0.1) is 0 Å². The summed E-state index contributed by atoms with van der Waals surface area (Å²) in [5, 5.41) is 20.9. The molecule has 10 nitrogen and oxygen atoms in total. The summed E-state index contributed by atoms with van der Waals surface area (Å²) in [7, 11) is 5.62. The first kappa shape index (κ1) is 24.9. The van der Waals surface area contributed by atoms with Gasteiger partial charge in [-0.1, -0.05) is 12.1 Å². The van der Waals surface area contributed by atoms with Gasteiger partial charge in [0, 0.05) is 73.9 Å². The zero-order chi connectivity index (χ0) is 27.3. The van der Waals surface area contributed by atoms with Gasteiger partial charge in [0.15, 0.2) is 11.6 Å². The number of amides is 1. The first-order valence-corrected chi connectivity index (χ1v) is 13.1. The number of hydrogen-bond acceptors (Lipinski definition) is 7. The van der Waals surface area contributed by atoms with Crippen molar-refractivity contribution >= 4 is 28.9 Å². The van der Waals surface area contributed by atoms with Gasteiger partial charge in [0.1, 0.15) is 0 Å². The van der Waals surface area contributed by atoms with E-state index in [1.165, 1.54) is 4.57 Å². The Morgan fingerprint density at radius 2 is 1.95 bits per heavy atom. The largest absolute Gasteiger partial charge is 0.392 e. The third-order valence-corrected chi connectivity index (χ3v) is 7.49. The molecule has 0 unspecified atom stereocenters. The maximum absolute atomic E-state index is 13.6. The molecule has 1 amide bonds. The number of aromatic amines is 1. The van der Waals surface area contributed by atoms with Gasteiger partial charge >= 0.3 is 0 Å². The van der Waals surface area contributed by atoms with Gasteiger partial charge in [-0.05, 0) is 49.1 Å². The van der Waals surface area contributed by atoms with E-state index in [1.54, 1.807) is 18.1 Å². The van der Waals surface area contributed by atoms with E-state index in [1.807, 2.05) is 55.4 Å². The fourth-order valence-electron chi connectivity index (χ4n) is 5.16. The van der Waals surface area contributed by atoms with Gasteiger partial charge in [-0.25, -0.2) is 4.98 Å². The summed E-state index contributed by atoms with van der Waals surface area (Å²) in [5.41, 5.74) is 5.85. The third kappa shape index (κ3) is 4.57. The summed E-state index contributed by atoms with van der Waals surface area (Å²) in [4.78, 5) is 34.8. The van der Waals surface area contributed by atoms with Crippen LogP contribution in [0.1, 0.15) is 45.9 Å². The molecule has 2 aromatic carbocycles. The summed E-state index contributed by atoms with van der Waals surface area (Å²) in [5.74, 6) is 1.07. The van der Waals surface area contributed by atoms with E-state index in [0.29, 0.717) is 52.8 Å². The average molecular weight is 526 g/mol. The van der Waals surface area contributed by atoms with Gasteiger partial charge < -0.3 is 24.8 Å². The van der Waals surface area contributed by atoms with Crippen LogP contribution in [-0.2, 0) is 20.1 Å². The highest BCUT2D eigenvalue weighted by Crippen LogP contribution is 2.40. The van der Waals surface area contributed by atoms with Crippen LogP contribution in [-0.4, -0.2) is 51.4 Å². The summed E-state index contributed by atoms with van der Waals surface area (Å²) in [6, 6.07) is 13.3. The molecule has 4 aromatic rings. The third-order valence-electron chi connectivity index (χ3n) is 7.49. The predicted molar refractivity (Wildman–Crippen MR) is 151 cm³/mol. The molecule has 2 aromatic heterocycles. The zero-order valence-corrected chi connectivity index (χ0v) is 22.2. The van der Waals surface area contributed by atoms with Crippen molar-refractivity contribution in [2.45, 2.75) is 31.8 Å². The molecule has 1 fully saturated rings. The summed E-state index contributed by atoms with van der Waals surface area (Å²) in [6.45, 7) is 0.203. The van der Waals surface area contributed by atoms with Crippen LogP contribution in [0.3, 0.4) is 0 Å². The van der Waals surface area contributed by atoms with Crippen LogP contribution in [0.15, 0.2) is 53.5 Å². The summed E-state index contributed by atoms with van der Waals surface area (Å²) < 4.78 is 1.46. The number of aliphatic hydroxyl groups excluding tert-OH is 1. The molecule has 39 heavy (non-hydrogen) atoms. The minimum atomic E-state index is -0.295. The van der Waals surface area contributed by atoms with Gasteiger partial charge in [-0.3, -0.25) is 14.7 Å². The average Bonchev–Trinajstić information content (AvgIpc) is 3.69. The summed E-state index contributed by atoms with van der Waals surface area (Å²) >= 11 is 0. The lowest BCUT2D eigenvalue weighted by molar-refractivity contribution is 0.0980. The highest BCUT2D eigenvalue weighted by atomic mass is 16.3. The number of carbonyl (C=O) groups excluding carboxylic acids is 1. The molecule has 10 heteroatoms. The van der Waals surface area contributed by atoms with Gasteiger partial charge in [0.05, 0.1) is 18.0 Å². The first-order chi connectivity index (χ1) is 18.8. The molecule has 0 radical (unpaired) electrons. The SMILES string of the molecule is CN(C)c1ccc2c(c1)CCN(c1cccc(-c3cn(C)c(=O)c(Nc4cc(C5CC5)[nH]n4)n3)c1CO)C2=O. The number of aromatic nitrogens is 4. The lowest BCUT2D eigenvalue weighted by Crippen LogP contribution is -2.38. The standard InChI is InChI=1S/C29H31N7O3/c1-34(2)19-9-10-20-18(13-19)11-12-36(28(20)38)25-6-4-5-21(22(25)16-37)24-15-35(3)29(39)27(30-24)31-26-14-23(32-33-26)17-7-8-17/h4-6,9-10,13-15,17,37H,7-8,11-12,16H2,1-3H3,(H2,30,31,32,33). The molecule has 3 heterocycles. The molecule has 1 aliphatic carbocycles. The van der Waals surface area contributed by atoms with E-state index in [2.05, 4.69) is 26.6 Å². The lowest BCUT2D eigenvalue weighted by Gasteiger charge is -2.31. The van der Waals surface area contributed by atoms with Crippen molar-refractivity contribution in [3.8, 4) is 11.3 Å². The molecule has 2 aliphatic rings. The maximum Gasteiger partial charge on any atom is 0.293 e. The molecule has 6 rings (SSSR count). The van der Waals surface area contributed by atoms with Crippen LogP contribution in [0.25, 0.3) is 11.3 Å². The normalized spacial score (nSPS) is 14.9. The fraction of sp³-hybridized carbons (Fsp3) is 0.310. The van der Waals surface area contributed by atoms with Crippen LogP contribution in [0.4, 0.5) is 23.0 Å². The molecule has 1 saturated carbocycles. The molecule has 3 N–H and O–H groups in total. The van der Waals surface area contributed by atoms with Gasteiger partial charge in [0.25, 0.3) is 11.5 Å². The minimum absolute atomic E-state index is 0.103. The number of anilines is 4. The second-order valence-electron chi connectivity index (χ2n) is 10.4. The number of carbonyl (C=O) groups is 1. The Bertz CT molecular complexity index is 1630. The zero-order valence-electron chi connectivity index (χ0n) is 22.2. The number of nitrogens with one attached hydrogen (secondary N) is 2. The molecular weight excluding hydrogens is 494 g/mol. The Morgan fingerprint density at radius 3 is 2.69 bits per heavy atom. The Hall–Kier alpha value is -4.44. The molecule has 0 bridgehead atoms. The number of nitrogens with zero attached hydrogens (tertiary/aromatic N) is 5. The number of rotatable bonds is 7. The van der Waals surface area contributed by atoms with Crippen molar-refractivity contribution in [2.24, 2.45) is 7.05 Å².